The molecular weight excluding hydrogens is 499 g/mol. The van der Waals surface area contributed by atoms with Crippen LogP contribution in [0.1, 0.15) is 40.0 Å². The Labute approximate surface area is 202 Å². The Hall–Kier alpha value is -3.09. The number of hydrogen-bond donors (Lipinski definition) is 3. The van der Waals surface area contributed by atoms with Crippen molar-refractivity contribution in [3.05, 3.63) is 52.1 Å². The van der Waals surface area contributed by atoms with E-state index in [2.05, 4.69) is 5.32 Å². The molecule has 1 aliphatic heterocycles. The van der Waals surface area contributed by atoms with E-state index < -0.39 is 24.0 Å². The zero-order chi connectivity index (χ0) is 25.6. The fourth-order valence-corrected chi connectivity index (χ4v) is 3.44. The van der Waals surface area contributed by atoms with Crippen molar-refractivity contribution < 1.29 is 37.5 Å². The van der Waals surface area contributed by atoms with Crippen LogP contribution >= 0.6 is 23.8 Å². The molecule has 3 amide bonds. The number of anilines is 1. The number of unbranched alkanes of at least 4 members (excludes halogenated alkanes) is 1. The third-order valence-electron chi connectivity index (χ3n) is 4.64. The molecule has 8 nitrogen and oxygen atoms in total. The lowest BCUT2D eigenvalue weighted by Gasteiger charge is -2.15. The Morgan fingerprint density at radius 1 is 1.21 bits per heavy atom. The quantitative estimate of drug-likeness (QED) is 0.299. The molecule has 0 saturated carbocycles. The number of fused-ring (bicyclic) bond motifs is 1. The lowest BCUT2D eigenvalue weighted by atomic mass is 10.0. The van der Waals surface area contributed by atoms with Crippen molar-refractivity contribution in [1.29, 1.82) is 0 Å². The molecule has 2 aliphatic rings. The highest BCUT2D eigenvalue weighted by Crippen LogP contribution is 2.30. The van der Waals surface area contributed by atoms with Gasteiger partial charge in [-0.15, -0.1) is 0 Å². The molecule has 13 heteroatoms. The van der Waals surface area contributed by atoms with Crippen molar-refractivity contribution in [2.75, 3.05) is 18.4 Å². The molecule has 34 heavy (non-hydrogen) atoms. The zero-order valence-electron chi connectivity index (χ0n) is 17.4. The summed E-state index contributed by atoms with van der Waals surface area (Å²) in [5, 5.41) is 10.3. The standard InChI is InChI=1S/C19H18ClN3O3S.C2HF3O2/c20-11-6-7-15(27)13(10-11)17(24)22-14-5-3-4-12-16(14)19(26)23(18(12)25)9-2-1-8-21;3-2(4,5)1(6)7/h3-6,10H,1-2,7-9,21H2,(H,22,24);(H,6,7). The van der Waals surface area contributed by atoms with E-state index in [0.29, 0.717) is 35.8 Å². The highest BCUT2D eigenvalue weighted by atomic mass is 35.5. The number of carboxylic acids is 1. The van der Waals surface area contributed by atoms with Crippen molar-refractivity contribution in [2.45, 2.75) is 25.4 Å². The SMILES string of the molecule is NCCCCN1C(=O)c2cccc(NC(=O)C3=CC(Cl)=CCC3=S)c2C1=O.O=C(O)C(F)(F)F. The minimum Gasteiger partial charge on any atom is -0.475 e. The maximum atomic E-state index is 12.7. The molecule has 0 atom stereocenters. The maximum absolute atomic E-state index is 12.7. The van der Waals surface area contributed by atoms with Gasteiger partial charge in [0, 0.05) is 22.9 Å². The number of rotatable bonds is 6. The van der Waals surface area contributed by atoms with E-state index in [0.717, 1.165) is 6.42 Å². The Kier molecular flexibility index (Phi) is 9.07. The number of nitrogens with two attached hydrogens (primary N) is 1. The van der Waals surface area contributed by atoms with Crippen molar-refractivity contribution in [2.24, 2.45) is 5.73 Å². The average molecular weight is 518 g/mol. The summed E-state index contributed by atoms with van der Waals surface area (Å²) in [6, 6.07) is 4.80. The molecule has 0 unspecified atom stereocenters. The van der Waals surface area contributed by atoms with E-state index in [9.17, 15) is 27.6 Å². The Morgan fingerprint density at radius 3 is 2.44 bits per heavy atom. The van der Waals surface area contributed by atoms with Crippen LogP contribution in [-0.2, 0) is 9.59 Å². The summed E-state index contributed by atoms with van der Waals surface area (Å²) < 4.78 is 31.7. The van der Waals surface area contributed by atoms with Gasteiger partial charge in [0.15, 0.2) is 0 Å². The van der Waals surface area contributed by atoms with E-state index in [1.54, 1.807) is 24.3 Å². The number of allylic oxidation sites excluding steroid dienone is 3. The number of carbonyl (C=O) groups is 4. The predicted octanol–water partition coefficient (Wildman–Crippen LogP) is 3.42. The number of carboxylic acid groups (broad SMARTS) is 1. The summed E-state index contributed by atoms with van der Waals surface area (Å²) in [4.78, 5) is 48.5. The lowest BCUT2D eigenvalue weighted by Crippen LogP contribution is -2.31. The number of nitrogens with one attached hydrogen (secondary N) is 1. The number of aliphatic carboxylic acids is 1. The third kappa shape index (κ3) is 6.49. The van der Waals surface area contributed by atoms with Gasteiger partial charge in [0.2, 0.25) is 0 Å². The minimum atomic E-state index is -5.08. The number of alkyl halides is 3. The molecule has 0 radical (unpaired) electrons. The van der Waals surface area contributed by atoms with Gasteiger partial charge in [0.25, 0.3) is 17.7 Å². The fraction of sp³-hybridized carbons (Fsp3) is 0.286. The van der Waals surface area contributed by atoms with Gasteiger partial charge >= 0.3 is 12.1 Å². The normalized spacial score (nSPS) is 15.2. The smallest absolute Gasteiger partial charge is 0.475 e. The lowest BCUT2D eigenvalue weighted by molar-refractivity contribution is -0.192. The van der Waals surface area contributed by atoms with E-state index >= 15 is 0 Å². The first-order valence-electron chi connectivity index (χ1n) is 9.79. The van der Waals surface area contributed by atoms with E-state index in [1.807, 2.05) is 0 Å². The molecule has 1 aromatic carbocycles. The van der Waals surface area contributed by atoms with Gasteiger partial charge in [-0.3, -0.25) is 19.3 Å². The zero-order valence-corrected chi connectivity index (χ0v) is 19.0. The van der Waals surface area contributed by atoms with Crippen molar-refractivity contribution >= 4 is 58.1 Å². The van der Waals surface area contributed by atoms with Gasteiger partial charge in [0.05, 0.1) is 22.4 Å². The van der Waals surface area contributed by atoms with Crippen LogP contribution in [-0.4, -0.2) is 57.8 Å². The highest BCUT2D eigenvalue weighted by molar-refractivity contribution is 7.81. The van der Waals surface area contributed by atoms with Crippen LogP contribution < -0.4 is 11.1 Å². The van der Waals surface area contributed by atoms with Gasteiger partial charge in [-0.2, -0.15) is 13.2 Å². The number of carbonyl (C=O) groups excluding carboxylic acids is 3. The van der Waals surface area contributed by atoms with E-state index in [1.165, 1.54) is 11.0 Å². The molecule has 3 rings (SSSR count). The van der Waals surface area contributed by atoms with Crippen molar-refractivity contribution in [3.8, 4) is 0 Å². The second-order valence-corrected chi connectivity index (χ2v) is 7.95. The van der Waals surface area contributed by atoms with Gasteiger partial charge in [-0.1, -0.05) is 36.0 Å². The first kappa shape index (κ1) is 27.2. The summed E-state index contributed by atoms with van der Waals surface area (Å²) in [6.45, 7) is 0.795. The van der Waals surface area contributed by atoms with E-state index in [4.69, 9.17) is 39.5 Å². The number of nitrogens with zero attached hydrogens (tertiary/aromatic N) is 1. The summed E-state index contributed by atoms with van der Waals surface area (Å²) in [5.41, 5.74) is 6.52. The molecule has 0 aromatic heterocycles. The fourth-order valence-electron chi connectivity index (χ4n) is 3.01. The first-order chi connectivity index (χ1) is 15.9. The molecule has 0 fully saturated rings. The second-order valence-electron chi connectivity index (χ2n) is 7.02. The molecule has 1 aromatic rings. The molecule has 182 valence electrons. The molecule has 0 bridgehead atoms. The number of imide groups is 1. The molecule has 0 saturated heterocycles. The predicted molar refractivity (Wildman–Crippen MR) is 122 cm³/mol. The first-order valence-corrected chi connectivity index (χ1v) is 10.6. The largest absolute Gasteiger partial charge is 0.490 e. The molecule has 0 spiro atoms. The highest BCUT2D eigenvalue weighted by Gasteiger charge is 2.38. The Morgan fingerprint density at radius 2 is 1.85 bits per heavy atom. The molecule has 4 N–H and O–H groups in total. The Balaban J connectivity index is 0.000000509. The van der Waals surface area contributed by atoms with Crippen LogP contribution in [0, 0.1) is 0 Å². The van der Waals surface area contributed by atoms with Crippen LogP contribution in [0.4, 0.5) is 18.9 Å². The van der Waals surface area contributed by atoms with Crippen LogP contribution in [0.25, 0.3) is 0 Å². The van der Waals surface area contributed by atoms with Crippen LogP contribution in [0.15, 0.2) is 41.0 Å². The number of thiocarbonyl (C=S) groups is 1. The maximum Gasteiger partial charge on any atom is 0.490 e. The number of amides is 3. The molecular formula is C21H19ClF3N3O5S. The number of halogens is 4. The van der Waals surface area contributed by atoms with Crippen molar-refractivity contribution in [1.82, 2.24) is 4.90 Å². The van der Waals surface area contributed by atoms with Crippen LogP contribution in [0.2, 0.25) is 0 Å². The topological polar surface area (TPSA) is 130 Å². The van der Waals surface area contributed by atoms with Crippen LogP contribution in [0.5, 0.6) is 0 Å². The van der Waals surface area contributed by atoms with Gasteiger partial charge in [0.1, 0.15) is 0 Å². The monoisotopic (exact) mass is 517 g/mol. The van der Waals surface area contributed by atoms with Crippen molar-refractivity contribution in [3.63, 3.8) is 0 Å². The summed E-state index contributed by atoms with van der Waals surface area (Å²) >= 11 is 11.2. The van der Waals surface area contributed by atoms with Gasteiger partial charge in [-0.25, -0.2) is 4.79 Å². The van der Waals surface area contributed by atoms with Gasteiger partial charge < -0.3 is 16.2 Å². The summed E-state index contributed by atoms with van der Waals surface area (Å²) in [5.74, 6) is -3.99. The minimum absolute atomic E-state index is 0.201. The Bertz CT molecular complexity index is 1100. The third-order valence-corrected chi connectivity index (χ3v) is 5.29. The average Bonchev–Trinajstić information content (AvgIpc) is 3.01. The number of benzene rings is 1. The molecule has 1 aliphatic carbocycles. The molecule has 1 heterocycles. The number of hydrogen-bond acceptors (Lipinski definition) is 6. The summed E-state index contributed by atoms with van der Waals surface area (Å²) in [6.07, 6.45) is -0.0978. The second kappa shape index (κ2) is 11.4. The summed E-state index contributed by atoms with van der Waals surface area (Å²) in [7, 11) is 0. The van der Waals surface area contributed by atoms with Crippen LogP contribution in [0.3, 0.4) is 0 Å². The van der Waals surface area contributed by atoms with Gasteiger partial charge in [-0.05, 0) is 37.6 Å². The van der Waals surface area contributed by atoms with E-state index in [-0.39, 0.29) is 28.3 Å².